The highest BCUT2D eigenvalue weighted by Crippen LogP contribution is 2.30. The SMILES string of the molecule is O=C(NC[C@H]1COc2ccccc2O1)c1cc2ccccc2c(=O)[nH]1. The van der Waals surface area contributed by atoms with Gasteiger partial charge >= 0.3 is 0 Å². The minimum absolute atomic E-state index is 0.223. The third-order valence-electron chi connectivity index (χ3n) is 4.06. The van der Waals surface area contributed by atoms with Crippen LogP contribution in [0.15, 0.2) is 59.4 Å². The quantitative estimate of drug-likeness (QED) is 0.767. The van der Waals surface area contributed by atoms with Crippen LogP contribution in [0, 0.1) is 0 Å². The Morgan fingerprint density at radius 2 is 1.88 bits per heavy atom. The molecule has 0 radical (unpaired) electrons. The summed E-state index contributed by atoms with van der Waals surface area (Å²) in [5.74, 6) is 1.00. The van der Waals surface area contributed by atoms with Gasteiger partial charge in [-0.3, -0.25) is 9.59 Å². The molecule has 0 fully saturated rings. The van der Waals surface area contributed by atoms with E-state index in [4.69, 9.17) is 9.47 Å². The summed E-state index contributed by atoms with van der Waals surface area (Å²) in [4.78, 5) is 27.0. The van der Waals surface area contributed by atoms with Gasteiger partial charge in [-0.25, -0.2) is 0 Å². The van der Waals surface area contributed by atoms with Crippen molar-refractivity contribution in [2.24, 2.45) is 0 Å². The van der Waals surface area contributed by atoms with Gasteiger partial charge < -0.3 is 19.8 Å². The number of rotatable bonds is 3. The Bertz CT molecular complexity index is 996. The monoisotopic (exact) mass is 336 g/mol. The van der Waals surface area contributed by atoms with Crippen LogP contribution in [0.2, 0.25) is 0 Å². The number of hydrogen-bond donors (Lipinski definition) is 2. The fraction of sp³-hybridized carbons (Fsp3) is 0.158. The van der Waals surface area contributed by atoms with Gasteiger partial charge in [-0.2, -0.15) is 0 Å². The highest BCUT2D eigenvalue weighted by atomic mass is 16.6. The molecule has 1 amide bonds. The number of fused-ring (bicyclic) bond motifs is 2. The van der Waals surface area contributed by atoms with Gasteiger partial charge in [-0.05, 0) is 29.7 Å². The Balaban J connectivity index is 1.45. The number of H-pyrrole nitrogens is 1. The van der Waals surface area contributed by atoms with Crippen molar-refractivity contribution in [3.8, 4) is 11.5 Å². The van der Waals surface area contributed by atoms with Crippen LogP contribution >= 0.6 is 0 Å². The average molecular weight is 336 g/mol. The van der Waals surface area contributed by atoms with Gasteiger partial charge in [0.1, 0.15) is 18.4 Å². The summed E-state index contributed by atoms with van der Waals surface area (Å²) < 4.78 is 11.4. The maximum absolute atomic E-state index is 12.4. The molecule has 6 nitrogen and oxygen atoms in total. The van der Waals surface area contributed by atoms with Crippen LogP contribution in [0.4, 0.5) is 0 Å². The summed E-state index contributed by atoms with van der Waals surface area (Å²) in [7, 11) is 0. The number of aromatic nitrogens is 1. The van der Waals surface area contributed by atoms with Crippen LogP contribution in [0.5, 0.6) is 11.5 Å². The zero-order valence-electron chi connectivity index (χ0n) is 13.3. The molecular weight excluding hydrogens is 320 g/mol. The Morgan fingerprint density at radius 1 is 1.12 bits per heavy atom. The van der Waals surface area contributed by atoms with E-state index in [0.29, 0.717) is 23.5 Å². The lowest BCUT2D eigenvalue weighted by Gasteiger charge is -2.26. The highest BCUT2D eigenvalue weighted by Gasteiger charge is 2.21. The van der Waals surface area contributed by atoms with E-state index in [1.165, 1.54) is 0 Å². The van der Waals surface area contributed by atoms with Gasteiger partial charge in [0.15, 0.2) is 11.5 Å². The Morgan fingerprint density at radius 3 is 2.76 bits per heavy atom. The minimum Gasteiger partial charge on any atom is -0.486 e. The Kier molecular flexibility index (Phi) is 3.85. The lowest BCUT2D eigenvalue weighted by Crippen LogP contribution is -2.41. The van der Waals surface area contributed by atoms with E-state index >= 15 is 0 Å². The molecule has 0 saturated heterocycles. The van der Waals surface area contributed by atoms with E-state index < -0.39 is 0 Å². The maximum Gasteiger partial charge on any atom is 0.267 e. The van der Waals surface area contributed by atoms with Crippen LogP contribution in [-0.2, 0) is 0 Å². The molecule has 0 unspecified atom stereocenters. The zero-order valence-corrected chi connectivity index (χ0v) is 13.3. The number of carbonyl (C=O) groups is 1. The van der Waals surface area contributed by atoms with Gasteiger partial charge in [0, 0.05) is 5.39 Å². The average Bonchev–Trinajstić information content (AvgIpc) is 2.66. The first kappa shape index (κ1) is 15.3. The van der Waals surface area contributed by atoms with Crippen LogP contribution in [0.3, 0.4) is 0 Å². The van der Waals surface area contributed by atoms with E-state index in [1.807, 2.05) is 30.3 Å². The fourth-order valence-corrected chi connectivity index (χ4v) is 2.80. The van der Waals surface area contributed by atoms with Crippen molar-refractivity contribution < 1.29 is 14.3 Å². The third-order valence-corrected chi connectivity index (χ3v) is 4.06. The van der Waals surface area contributed by atoms with Gasteiger partial charge in [-0.1, -0.05) is 30.3 Å². The van der Waals surface area contributed by atoms with E-state index in [-0.39, 0.29) is 29.8 Å². The number of nitrogens with one attached hydrogen (secondary N) is 2. The number of benzene rings is 2. The van der Waals surface area contributed by atoms with Crippen molar-refractivity contribution >= 4 is 16.7 Å². The second-order valence-electron chi connectivity index (χ2n) is 5.81. The zero-order chi connectivity index (χ0) is 17.2. The molecule has 2 aromatic carbocycles. The van der Waals surface area contributed by atoms with E-state index in [2.05, 4.69) is 10.3 Å². The van der Waals surface area contributed by atoms with Crippen LogP contribution in [-0.4, -0.2) is 30.1 Å². The molecule has 0 spiro atoms. The van der Waals surface area contributed by atoms with Gasteiger partial charge in [0.25, 0.3) is 11.5 Å². The normalized spacial score (nSPS) is 15.8. The summed E-state index contributed by atoms with van der Waals surface area (Å²) in [6, 6.07) is 16.2. The van der Waals surface area contributed by atoms with Gasteiger partial charge in [-0.15, -0.1) is 0 Å². The number of aromatic amines is 1. The van der Waals surface area contributed by atoms with Crippen molar-refractivity contribution in [3.05, 3.63) is 70.6 Å². The second-order valence-corrected chi connectivity index (χ2v) is 5.81. The Hall–Kier alpha value is -3.28. The standard InChI is InChI=1S/C19H16N2O4/c22-18-14-6-2-1-5-12(14)9-15(21-18)19(23)20-10-13-11-24-16-7-3-4-8-17(16)25-13/h1-9,13H,10-11H2,(H,20,23)(H,21,22)/t13-/m0/s1. The van der Waals surface area contributed by atoms with Crippen LogP contribution < -0.4 is 20.3 Å². The summed E-state index contributed by atoms with van der Waals surface area (Å²) in [6.07, 6.45) is -0.286. The lowest BCUT2D eigenvalue weighted by atomic mass is 10.1. The topological polar surface area (TPSA) is 80.4 Å². The van der Waals surface area contributed by atoms with Crippen LogP contribution in [0.25, 0.3) is 10.8 Å². The number of amides is 1. The molecule has 0 aliphatic carbocycles. The molecule has 4 rings (SSSR count). The van der Waals surface area contributed by atoms with Crippen molar-refractivity contribution in [3.63, 3.8) is 0 Å². The number of para-hydroxylation sites is 2. The fourth-order valence-electron chi connectivity index (χ4n) is 2.80. The maximum atomic E-state index is 12.4. The molecule has 2 N–H and O–H groups in total. The number of ether oxygens (including phenoxy) is 2. The molecule has 3 aromatic rings. The Labute approximate surface area is 143 Å². The molecule has 2 heterocycles. The highest BCUT2D eigenvalue weighted by molar-refractivity contribution is 5.96. The third kappa shape index (κ3) is 3.06. The summed E-state index contributed by atoms with van der Waals surface area (Å²) in [5.41, 5.74) is -0.0599. The number of carbonyl (C=O) groups excluding carboxylic acids is 1. The smallest absolute Gasteiger partial charge is 0.267 e. The molecule has 25 heavy (non-hydrogen) atoms. The first-order valence-corrected chi connectivity index (χ1v) is 7.99. The summed E-state index contributed by atoms with van der Waals surface area (Å²) >= 11 is 0. The lowest BCUT2D eigenvalue weighted by molar-refractivity contribution is 0.0786. The molecule has 1 aromatic heterocycles. The van der Waals surface area contributed by atoms with E-state index in [0.717, 1.165) is 5.39 Å². The molecule has 1 aliphatic heterocycles. The molecule has 1 aliphatic rings. The molecule has 0 bridgehead atoms. The number of hydrogen-bond acceptors (Lipinski definition) is 4. The van der Waals surface area contributed by atoms with Crippen LogP contribution in [0.1, 0.15) is 10.5 Å². The van der Waals surface area contributed by atoms with E-state index in [9.17, 15) is 9.59 Å². The summed E-state index contributed by atoms with van der Waals surface area (Å²) in [6.45, 7) is 0.632. The predicted molar refractivity (Wildman–Crippen MR) is 93.3 cm³/mol. The first-order chi connectivity index (χ1) is 12.2. The predicted octanol–water partition coefficient (Wildman–Crippen LogP) is 2.10. The molecule has 1 atom stereocenters. The second kappa shape index (κ2) is 6.32. The van der Waals surface area contributed by atoms with Crippen molar-refractivity contribution in [1.82, 2.24) is 10.3 Å². The minimum atomic E-state index is -0.356. The molecular formula is C19H16N2O4. The largest absolute Gasteiger partial charge is 0.486 e. The van der Waals surface area contributed by atoms with E-state index in [1.54, 1.807) is 24.3 Å². The number of pyridine rings is 1. The summed E-state index contributed by atoms with van der Waals surface area (Å²) in [5, 5.41) is 4.06. The molecule has 126 valence electrons. The van der Waals surface area contributed by atoms with Gasteiger partial charge in [0.2, 0.25) is 0 Å². The first-order valence-electron chi connectivity index (χ1n) is 7.99. The van der Waals surface area contributed by atoms with Gasteiger partial charge in [0.05, 0.1) is 6.54 Å². The molecule has 0 saturated carbocycles. The molecule has 6 heteroatoms. The van der Waals surface area contributed by atoms with Crippen molar-refractivity contribution in [2.45, 2.75) is 6.10 Å². The van der Waals surface area contributed by atoms with Crippen molar-refractivity contribution in [2.75, 3.05) is 13.2 Å². The van der Waals surface area contributed by atoms with Crippen molar-refractivity contribution in [1.29, 1.82) is 0 Å².